The third kappa shape index (κ3) is 10.9. The van der Waals surface area contributed by atoms with Gasteiger partial charge in [0.25, 0.3) is 0 Å². The minimum atomic E-state index is 0.395. The van der Waals surface area contributed by atoms with Crippen LogP contribution in [0.3, 0.4) is 0 Å². The molecular formula is C24H42Br2MnN4-4. The Hall–Kier alpha value is 1.06. The van der Waals surface area contributed by atoms with Crippen molar-refractivity contribution in [3.8, 4) is 0 Å². The molecule has 183 valence electrons. The van der Waals surface area contributed by atoms with Crippen molar-refractivity contribution in [3.63, 3.8) is 0 Å². The van der Waals surface area contributed by atoms with Crippen molar-refractivity contribution < 1.29 is 11.3 Å². The second-order valence-electron chi connectivity index (χ2n) is 10.0. The molecule has 0 aliphatic carbocycles. The minimum absolute atomic E-state index is 0.395. The van der Waals surface area contributed by atoms with Gasteiger partial charge in [-0.15, -0.1) is 44.3 Å². The van der Waals surface area contributed by atoms with Crippen molar-refractivity contribution in [2.24, 2.45) is 17.8 Å². The SMILES string of the molecule is CC1=CC(C2CC(C)CC[N-]2)[N-]CC1.CC1CC[N-]C(C2CC(C)CC[N-]2)C1.[Br][Mn][Br]. The van der Waals surface area contributed by atoms with E-state index >= 15 is 0 Å². The average molecular weight is 601 g/mol. The van der Waals surface area contributed by atoms with Crippen LogP contribution in [-0.4, -0.2) is 50.3 Å². The van der Waals surface area contributed by atoms with Crippen LogP contribution < -0.4 is 0 Å². The van der Waals surface area contributed by atoms with Crippen molar-refractivity contribution in [3.05, 3.63) is 32.9 Å². The summed E-state index contributed by atoms with van der Waals surface area (Å²) in [5.41, 5.74) is 1.50. The van der Waals surface area contributed by atoms with Gasteiger partial charge in [0, 0.05) is 0 Å². The Labute approximate surface area is 212 Å². The van der Waals surface area contributed by atoms with E-state index in [1.807, 2.05) is 0 Å². The number of hydrogen-bond donors (Lipinski definition) is 0. The van der Waals surface area contributed by atoms with E-state index < -0.39 is 0 Å². The molecule has 0 aromatic heterocycles. The quantitative estimate of drug-likeness (QED) is 0.226. The van der Waals surface area contributed by atoms with Crippen LogP contribution in [0.2, 0.25) is 0 Å². The summed E-state index contributed by atoms with van der Waals surface area (Å²) in [5, 5.41) is 18.9. The number of halogens is 2. The molecule has 0 radical (unpaired) electrons. The van der Waals surface area contributed by atoms with Gasteiger partial charge < -0.3 is 21.3 Å². The standard InChI is InChI=1S/C12H22N2.C12H20N2.2BrH.Mn/c2*1-9-3-5-13-11(7-9)12-8-10(2)4-6-14-12;;;/h9-12H,3-8H2,1-2H3;7,10-12H,3-6,8H2,1-2H3;2*1H;/q2*-2;;;+2/p-2. The molecular weight excluding hydrogens is 559 g/mol. The molecule has 4 heterocycles. The molecule has 0 aromatic carbocycles. The molecule has 7 unspecified atom stereocenters. The fourth-order valence-electron chi connectivity index (χ4n) is 5.05. The Balaban J connectivity index is 0.000000196. The van der Waals surface area contributed by atoms with E-state index in [1.165, 1.54) is 44.1 Å². The Morgan fingerprint density at radius 2 is 1.13 bits per heavy atom. The first kappa shape index (κ1) is 28.3. The Morgan fingerprint density at radius 1 is 0.710 bits per heavy atom. The normalized spacial score (nSPS) is 38.6. The molecule has 0 amide bonds. The zero-order valence-electron chi connectivity index (χ0n) is 19.8. The van der Waals surface area contributed by atoms with Crippen molar-refractivity contribution in [2.45, 2.75) is 96.8 Å². The maximum absolute atomic E-state index is 4.74. The molecule has 3 fully saturated rings. The van der Waals surface area contributed by atoms with Crippen LogP contribution in [0.25, 0.3) is 21.3 Å². The fraction of sp³-hybridized carbons (Fsp3) is 0.917. The van der Waals surface area contributed by atoms with Gasteiger partial charge in [-0.25, -0.2) is 0 Å². The predicted octanol–water partition coefficient (Wildman–Crippen LogP) is 8.27. The van der Waals surface area contributed by atoms with E-state index in [1.54, 1.807) is 0 Å². The summed E-state index contributed by atoms with van der Waals surface area (Å²) in [6.07, 6.45) is 11.1. The number of piperidine rings is 3. The Morgan fingerprint density at radius 3 is 1.55 bits per heavy atom. The number of rotatable bonds is 2. The zero-order chi connectivity index (χ0) is 22.6. The zero-order valence-corrected chi connectivity index (χ0v) is 24.2. The number of hydrogen-bond acceptors (Lipinski definition) is 0. The molecule has 0 saturated carbocycles. The van der Waals surface area contributed by atoms with E-state index in [2.05, 4.69) is 67.3 Å². The summed E-state index contributed by atoms with van der Waals surface area (Å²) in [6.45, 7) is 13.5. The van der Waals surface area contributed by atoms with Gasteiger partial charge in [0.05, 0.1) is 0 Å². The van der Waals surface area contributed by atoms with Crippen LogP contribution in [0.1, 0.15) is 72.6 Å². The molecule has 0 N–H and O–H groups in total. The van der Waals surface area contributed by atoms with Gasteiger partial charge in [-0.3, -0.25) is 0 Å². The average Bonchev–Trinajstić information content (AvgIpc) is 2.75. The first-order valence-corrected chi connectivity index (χ1v) is 18.0. The van der Waals surface area contributed by atoms with E-state index in [0.29, 0.717) is 35.5 Å². The topological polar surface area (TPSA) is 56.4 Å². The third-order valence-electron chi connectivity index (χ3n) is 7.03. The van der Waals surface area contributed by atoms with Crippen LogP contribution in [0.15, 0.2) is 11.6 Å². The van der Waals surface area contributed by atoms with Gasteiger partial charge >= 0.3 is 39.6 Å². The molecule has 7 heteroatoms. The molecule has 0 bridgehead atoms. The molecule has 3 saturated heterocycles. The summed E-state index contributed by atoms with van der Waals surface area (Å²) in [7, 11) is 0. The monoisotopic (exact) mass is 599 g/mol. The molecule has 31 heavy (non-hydrogen) atoms. The first-order chi connectivity index (χ1) is 14.9. The van der Waals surface area contributed by atoms with Crippen molar-refractivity contribution in [2.75, 3.05) is 26.2 Å². The summed E-state index contributed by atoms with van der Waals surface area (Å²) < 4.78 is 0. The Bertz CT molecular complexity index is 502. The molecule has 0 aromatic rings. The molecule has 4 aliphatic heterocycles. The van der Waals surface area contributed by atoms with Crippen LogP contribution in [-0.2, 0) is 11.3 Å². The van der Waals surface area contributed by atoms with E-state index in [-0.39, 0.29) is 0 Å². The molecule has 0 spiro atoms. The van der Waals surface area contributed by atoms with E-state index in [9.17, 15) is 0 Å². The van der Waals surface area contributed by atoms with E-state index in [4.69, 9.17) is 16.0 Å². The second kappa shape index (κ2) is 15.9. The van der Waals surface area contributed by atoms with Crippen molar-refractivity contribution in [1.82, 2.24) is 0 Å². The van der Waals surface area contributed by atoms with Gasteiger partial charge in [-0.1, -0.05) is 71.3 Å². The van der Waals surface area contributed by atoms with E-state index in [0.717, 1.165) is 50.4 Å². The van der Waals surface area contributed by atoms with Gasteiger partial charge in [0.15, 0.2) is 0 Å². The fourth-order valence-corrected chi connectivity index (χ4v) is 5.05. The van der Waals surface area contributed by atoms with Gasteiger partial charge in [-0.2, -0.15) is 12.1 Å². The van der Waals surface area contributed by atoms with Crippen LogP contribution in [0.4, 0.5) is 0 Å². The van der Waals surface area contributed by atoms with Gasteiger partial charge in [0.2, 0.25) is 0 Å². The second-order valence-corrected chi connectivity index (χ2v) is 16.0. The number of nitrogens with zero attached hydrogens (tertiary/aromatic N) is 4. The van der Waals surface area contributed by atoms with Gasteiger partial charge in [0.1, 0.15) is 0 Å². The van der Waals surface area contributed by atoms with Crippen molar-refractivity contribution >= 4 is 28.2 Å². The van der Waals surface area contributed by atoms with Crippen LogP contribution in [0.5, 0.6) is 0 Å². The summed E-state index contributed by atoms with van der Waals surface area (Å²) in [5.74, 6) is 2.57. The molecule has 7 atom stereocenters. The third-order valence-corrected chi connectivity index (χ3v) is 7.03. The summed E-state index contributed by atoms with van der Waals surface area (Å²) in [6, 6.07) is 1.99. The maximum atomic E-state index is 4.74. The predicted molar refractivity (Wildman–Crippen MR) is 139 cm³/mol. The molecule has 4 aliphatic rings. The molecule has 4 nitrogen and oxygen atoms in total. The summed E-state index contributed by atoms with van der Waals surface area (Å²) in [4.78, 5) is 0. The van der Waals surface area contributed by atoms with Gasteiger partial charge in [-0.05, 0) is 24.7 Å². The summed E-state index contributed by atoms with van der Waals surface area (Å²) >= 11 is 6.88. The Kier molecular flexibility index (Phi) is 14.5. The van der Waals surface area contributed by atoms with Crippen molar-refractivity contribution in [1.29, 1.82) is 0 Å². The van der Waals surface area contributed by atoms with Crippen LogP contribution in [0, 0.1) is 17.8 Å². The first-order valence-electron chi connectivity index (χ1n) is 12.1. The molecule has 4 rings (SSSR count). The van der Waals surface area contributed by atoms with Crippen LogP contribution >= 0.6 is 28.2 Å².